The normalized spacial score (nSPS) is 10.7. The molecule has 0 unspecified atom stereocenters. The second kappa shape index (κ2) is 4.42. The lowest BCUT2D eigenvalue weighted by atomic mass is 10.1. The number of hydrogen-bond acceptors (Lipinski definition) is 2. The zero-order valence-corrected chi connectivity index (χ0v) is 8.92. The van der Waals surface area contributed by atoms with Crippen LogP contribution in [0.5, 0.6) is 0 Å². The Balaban J connectivity index is 2.99. The third-order valence-corrected chi connectivity index (χ3v) is 2.40. The predicted octanol–water partition coefficient (Wildman–Crippen LogP) is 2.13. The number of nitrogens with zero attached hydrogens (tertiary/aromatic N) is 1. The molecule has 78 valence electrons. The lowest BCUT2D eigenvalue weighted by molar-refractivity contribution is 0.611. The van der Waals surface area contributed by atoms with Gasteiger partial charge >= 0.3 is 0 Å². The van der Waals surface area contributed by atoms with E-state index < -0.39 is 0 Å². The third kappa shape index (κ3) is 2.23. The Morgan fingerprint density at radius 1 is 1.43 bits per heavy atom. The molecule has 2 N–H and O–H groups in total. The third-order valence-electron chi connectivity index (χ3n) is 2.40. The molecule has 14 heavy (non-hydrogen) atoms. The maximum absolute atomic E-state index is 13.6. The average Bonchev–Trinajstić information content (AvgIpc) is 2.16. The van der Waals surface area contributed by atoms with Gasteiger partial charge in [0, 0.05) is 19.6 Å². The summed E-state index contributed by atoms with van der Waals surface area (Å²) in [5.74, 6) is -0.204. The maximum atomic E-state index is 13.6. The van der Waals surface area contributed by atoms with Crippen LogP contribution in [0.25, 0.3) is 0 Å². The van der Waals surface area contributed by atoms with Gasteiger partial charge in [-0.25, -0.2) is 4.39 Å². The van der Waals surface area contributed by atoms with Crippen molar-refractivity contribution >= 4 is 5.69 Å². The molecule has 0 amide bonds. The van der Waals surface area contributed by atoms with Gasteiger partial charge in [-0.15, -0.1) is 0 Å². The summed E-state index contributed by atoms with van der Waals surface area (Å²) in [6.07, 6.45) is 0. The molecule has 0 spiro atoms. The van der Waals surface area contributed by atoms with Crippen molar-refractivity contribution < 1.29 is 4.39 Å². The molecule has 1 rings (SSSR count). The number of anilines is 1. The van der Waals surface area contributed by atoms with E-state index in [-0.39, 0.29) is 11.9 Å². The molecule has 0 fully saturated rings. The average molecular weight is 196 g/mol. The van der Waals surface area contributed by atoms with E-state index in [1.165, 1.54) is 6.07 Å². The zero-order chi connectivity index (χ0) is 10.7. The first-order valence-electron chi connectivity index (χ1n) is 4.77. The van der Waals surface area contributed by atoms with E-state index in [1.54, 1.807) is 6.07 Å². The van der Waals surface area contributed by atoms with Gasteiger partial charge in [0.1, 0.15) is 5.82 Å². The quantitative estimate of drug-likeness (QED) is 0.802. The molecule has 0 atom stereocenters. The van der Waals surface area contributed by atoms with E-state index >= 15 is 0 Å². The molecule has 0 saturated carbocycles. The lowest BCUT2D eigenvalue weighted by Gasteiger charge is -2.24. The van der Waals surface area contributed by atoms with Crippen LogP contribution in [-0.4, -0.2) is 13.1 Å². The monoisotopic (exact) mass is 196 g/mol. The van der Waals surface area contributed by atoms with Crippen molar-refractivity contribution in [3.8, 4) is 0 Å². The second-order valence-electron chi connectivity index (χ2n) is 3.69. The van der Waals surface area contributed by atoms with Crippen LogP contribution >= 0.6 is 0 Å². The molecule has 0 heterocycles. The Bertz CT molecular complexity index is 310. The summed E-state index contributed by atoms with van der Waals surface area (Å²) in [4.78, 5) is 1.90. The summed E-state index contributed by atoms with van der Waals surface area (Å²) in [6, 6.07) is 5.41. The zero-order valence-electron chi connectivity index (χ0n) is 8.92. The van der Waals surface area contributed by atoms with Gasteiger partial charge in [0.05, 0.1) is 5.69 Å². The summed E-state index contributed by atoms with van der Waals surface area (Å²) in [7, 11) is 1.88. The molecule has 0 aromatic heterocycles. The first-order chi connectivity index (χ1) is 6.56. The van der Waals surface area contributed by atoms with Crippen molar-refractivity contribution in [3.63, 3.8) is 0 Å². The number of benzene rings is 1. The highest BCUT2D eigenvalue weighted by Crippen LogP contribution is 2.20. The highest BCUT2D eigenvalue weighted by atomic mass is 19.1. The van der Waals surface area contributed by atoms with Crippen LogP contribution in [0.2, 0.25) is 0 Å². The van der Waals surface area contributed by atoms with Crippen molar-refractivity contribution in [1.29, 1.82) is 0 Å². The van der Waals surface area contributed by atoms with Crippen molar-refractivity contribution in [2.45, 2.75) is 26.4 Å². The lowest BCUT2D eigenvalue weighted by Crippen LogP contribution is -2.26. The van der Waals surface area contributed by atoms with E-state index in [2.05, 4.69) is 0 Å². The van der Waals surface area contributed by atoms with Crippen LogP contribution < -0.4 is 10.6 Å². The fourth-order valence-corrected chi connectivity index (χ4v) is 1.24. The standard InChI is InChI=1S/C11H17FN2/c1-8(2)14(3)11-5-4-9(7-13)6-10(11)12/h4-6,8H,7,13H2,1-3H3. The summed E-state index contributed by atoms with van der Waals surface area (Å²) in [5.41, 5.74) is 6.87. The van der Waals surface area contributed by atoms with Crippen molar-refractivity contribution in [2.24, 2.45) is 5.73 Å². The van der Waals surface area contributed by atoms with Crippen LogP contribution in [0.4, 0.5) is 10.1 Å². The van der Waals surface area contributed by atoms with Gasteiger partial charge in [0.25, 0.3) is 0 Å². The largest absolute Gasteiger partial charge is 0.370 e. The van der Waals surface area contributed by atoms with Gasteiger partial charge < -0.3 is 10.6 Å². The highest BCUT2D eigenvalue weighted by Gasteiger charge is 2.10. The topological polar surface area (TPSA) is 29.3 Å². The smallest absolute Gasteiger partial charge is 0.146 e. The molecular weight excluding hydrogens is 179 g/mol. The van der Waals surface area contributed by atoms with Gasteiger partial charge in [-0.3, -0.25) is 0 Å². The van der Waals surface area contributed by atoms with Gasteiger partial charge in [-0.05, 0) is 31.5 Å². The SMILES string of the molecule is CC(C)N(C)c1ccc(CN)cc1F. The van der Waals surface area contributed by atoms with Crippen molar-refractivity contribution in [3.05, 3.63) is 29.6 Å². The molecule has 3 heteroatoms. The van der Waals surface area contributed by atoms with E-state index in [9.17, 15) is 4.39 Å². The Morgan fingerprint density at radius 3 is 2.50 bits per heavy atom. The first-order valence-corrected chi connectivity index (χ1v) is 4.77. The minimum absolute atomic E-state index is 0.204. The fraction of sp³-hybridized carbons (Fsp3) is 0.455. The molecule has 1 aromatic rings. The Morgan fingerprint density at radius 2 is 2.07 bits per heavy atom. The van der Waals surface area contributed by atoms with Crippen LogP contribution in [-0.2, 0) is 6.54 Å². The minimum Gasteiger partial charge on any atom is -0.370 e. The minimum atomic E-state index is -0.204. The van der Waals surface area contributed by atoms with Gasteiger partial charge in [-0.1, -0.05) is 6.07 Å². The molecule has 0 aliphatic heterocycles. The molecule has 0 radical (unpaired) electrons. The summed E-state index contributed by atoms with van der Waals surface area (Å²) in [6.45, 7) is 4.43. The molecule has 0 aliphatic carbocycles. The molecule has 1 aromatic carbocycles. The Labute approximate surface area is 84.5 Å². The first kappa shape index (κ1) is 11.0. The van der Waals surface area contributed by atoms with E-state index in [4.69, 9.17) is 5.73 Å². The van der Waals surface area contributed by atoms with Gasteiger partial charge in [0.2, 0.25) is 0 Å². The highest BCUT2D eigenvalue weighted by molar-refractivity contribution is 5.49. The second-order valence-corrected chi connectivity index (χ2v) is 3.69. The van der Waals surface area contributed by atoms with Crippen molar-refractivity contribution in [2.75, 3.05) is 11.9 Å². The molecule has 0 saturated heterocycles. The molecule has 0 bridgehead atoms. The van der Waals surface area contributed by atoms with E-state index in [0.29, 0.717) is 12.2 Å². The van der Waals surface area contributed by atoms with Gasteiger partial charge in [-0.2, -0.15) is 0 Å². The van der Waals surface area contributed by atoms with Crippen molar-refractivity contribution in [1.82, 2.24) is 0 Å². The maximum Gasteiger partial charge on any atom is 0.146 e. The summed E-state index contributed by atoms with van der Waals surface area (Å²) < 4.78 is 13.6. The van der Waals surface area contributed by atoms with Crippen LogP contribution in [0, 0.1) is 5.82 Å². The predicted molar refractivity (Wildman–Crippen MR) is 57.8 cm³/mol. The van der Waals surface area contributed by atoms with Crippen LogP contribution in [0.15, 0.2) is 18.2 Å². The molecule has 0 aliphatic rings. The summed E-state index contributed by atoms with van der Waals surface area (Å²) >= 11 is 0. The Hall–Kier alpha value is -1.09. The fourth-order valence-electron chi connectivity index (χ4n) is 1.24. The number of nitrogens with two attached hydrogens (primary N) is 1. The van der Waals surface area contributed by atoms with E-state index in [1.807, 2.05) is 31.9 Å². The van der Waals surface area contributed by atoms with Gasteiger partial charge in [0.15, 0.2) is 0 Å². The number of rotatable bonds is 3. The number of hydrogen-bond donors (Lipinski definition) is 1. The summed E-state index contributed by atoms with van der Waals surface area (Å²) in [5, 5.41) is 0. The van der Waals surface area contributed by atoms with Crippen LogP contribution in [0.3, 0.4) is 0 Å². The van der Waals surface area contributed by atoms with E-state index in [0.717, 1.165) is 5.56 Å². The van der Waals surface area contributed by atoms with Crippen LogP contribution in [0.1, 0.15) is 19.4 Å². The Kier molecular flexibility index (Phi) is 3.47. The molecule has 2 nitrogen and oxygen atoms in total. The number of halogens is 1. The molecular formula is C11H17FN2.